The standard InChI is InChI=1S/C62H54N6O7S/c1-40(43-23-9-4-10-24-43)63-61(73)67-49-34-33-41(22-19-35-66(2)39-42-20-7-3-8-21-42)38-47(49)62(59(67)72)52(57(70)65-60-64-48-30-16-18-32-51(48)76-60)54-58(71)75-55(45-27-13-6-14-28-45)53(44-25-11-5-12-26-44)68(54)56(62)46-29-15-17-31-50(46)74-37-36-69/h3-18,20-21,23-34,38,40,52-56,69H,35-37,39H2,1-2H3,(H,63,73)(H,64,65,70). The van der Waals surface area contributed by atoms with E-state index >= 15 is 19.2 Å². The average Bonchev–Trinajstić information content (AvgIpc) is 4.22. The predicted molar refractivity (Wildman–Crippen MR) is 292 cm³/mol. The lowest BCUT2D eigenvalue weighted by Gasteiger charge is -2.46. The Balaban J connectivity index is 1.17. The molecular weight excluding hydrogens is 973 g/mol. The first-order valence-corrected chi connectivity index (χ1v) is 26.1. The zero-order valence-electron chi connectivity index (χ0n) is 41.8. The van der Waals surface area contributed by atoms with Gasteiger partial charge in [-0.15, -0.1) is 0 Å². The Bertz CT molecular complexity index is 3460. The highest BCUT2D eigenvalue weighted by Crippen LogP contribution is 2.67. The minimum atomic E-state index is -2.10. The molecule has 0 bridgehead atoms. The van der Waals surface area contributed by atoms with Gasteiger partial charge >= 0.3 is 12.0 Å². The molecule has 7 atom stereocenters. The minimum absolute atomic E-state index is 0.104. The molecule has 4 heterocycles. The number of imide groups is 1. The Morgan fingerprint density at radius 2 is 1.47 bits per heavy atom. The van der Waals surface area contributed by atoms with E-state index in [1.165, 1.54) is 11.3 Å². The first-order chi connectivity index (χ1) is 37.1. The molecule has 13 nitrogen and oxygen atoms in total. The summed E-state index contributed by atoms with van der Waals surface area (Å²) in [4.78, 5) is 74.2. The van der Waals surface area contributed by atoms with Gasteiger partial charge in [0.15, 0.2) is 5.13 Å². The molecule has 0 aliphatic carbocycles. The number of urea groups is 1. The number of anilines is 2. The van der Waals surface area contributed by atoms with Crippen LogP contribution in [0.5, 0.6) is 5.75 Å². The molecule has 8 aromatic rings. The lowest BCUT2D eigenvalue weighted by Crippen LogP contribution is -2.55. The van der Waals surface area contributed by atoms with Crippen molar-refractivity contribution in [3.63, 3.8) is 0 Å². The van der Waals surface area contributed by atoms with Crippen LogP contribution in [0.3, 0.4) is 0 Å². The number of esters is 1. The summed E-state index contributed by atoms with van der Waals surface area (Å²) in [5, 5.41) is 16.7. The van der Waals surface area contributed by atoms with Gasteiger partial charge in [0.1, 0.15) is 29.9 Å². The maximum atomic E-state index is 17.0. The van der Waals surface area contributed by atoms with Crippen LogP contribution in [-0.2, 0) is 31.1 Å². The van der Waals surface area contributed by atoms with E-state index < -0.39 is 65.4 Å². The third kappa shape index (κ3) is 9.17. The molecule has 7 unspecified atom stereocenters. The van der Waals surface area contributed by atoms with Crippen LogP contribution in [0, 0.1) is 17.8 Å². The molecule has 3 aliphatic rings. The quantitative estimate of drug-likeness (QED) is 0.0752. The summed E-state index contributed by atoms with van der Waals surface area (Å²) in [6, 6.07) is 53.6. The highest BCUT2D eigenvalue weighted by molar-refractivity contribution is 7.22. The summed E-state index contributed by atoms with van der Waals surface area (Å²) in [7, 11) is 1.99. The number of thiazole rings is 1. The maximum Gasteiger partial charge on any atom is 0.329 e. The van der Waals surface area contributed by atoms with E-state index in [2.05, 4.69) is 39.5 Å². The number of fused-ring (bicyclic) bond motifs is 4. The second-order valence-electron chi connectivity index (χ2n) is 19.3. The smallest absolute Gasteiger partial charge is 0.329 e. The first kappa shape index (κ1) is 49.7. The molecule has 3 N–H and O–H groups in total. The number of benzene rings is 7. The molecule has 1 spiro atoms. The summed E-state index contributed by atoms with van der Waals surface area (Å²) in [5.74, 6) is 3.21. The molecule has 0 radical (unpaired) electrons. The summed E-state index contributed by atoms with van der Waals surface area (Å²) in [6.07, 6.45) is -0.948. The van der Waals surface area contributed by atoms with Crippen LogP contribution in [0.2, 0.25) is 0 Å². The van der Waals surface area contributed by atoms with Crippen molar-refractivity contribution >= 4 is 56.2 Å². The molecule has 7 aromatic carbocycles. The van der Waals surface area contributed by atoms with Crippen LogP contribution >= 0.6 is 11.3 Å². The molecule has 11 rings (SSSR count). The Kier molecular flexibility index (Phi) is 14.0. The molecule has 2 fully saturated rings. The van der Waals surface area contributed by atoms with Crippen molar-refractivity contribution in [1.29, 1.82) is 0 Å². The number of aliphatic hydroxyl groups excluding tert-OH is 1. The van der Waals surface area contributed by atoms with Gasteiger partial charge in [-0.3, -0.25) is 24.2 Å². The zero-order valence-corrected chi connectivity index (χ0v) is 42.6. The number of hydrogen-bond acceptors (Lipinski definition) is 11. The molecule has 14 heteroatoms. The SMILES string of the molecule is CC(NC(=O)N1C(=O)C2(c3cc(C#CCN(C)Cc4ccccc4)ccc31)C(C(=O)Nc1nc3ccccc3s1)C1C(=O)OC(c3ccccc3)C(c3ccccc3)N1C2c1ccccc1OCCO)c1ccccc1. The largest absolute Gasteiger partial charge is 0.491 e. The number of ether oxygens (including phenoxy) is 2. The lowest BCUT2D eigenvalue weighted by molar-refractivity contribution is -0.177. The number of nitrogens with zero attached hydrogens (tertiary/aromatic N) is 4. The maximum absolute atomic E-state index is 17.0. The van der Waals surface area contributed by atoms with Crippen molar-refractivity contribution in [2.45, 2.75) is 49.2 Å². The highest BCUT2D eigenvalue weighted by Gasteiger charge is 2.76. The minimum Gasteiger partial charge on any atom is -0.491 e. The Labute approximate surface area is 444 Å². The van der Waals surface area contributed by atoms with E-state index in [9.17, 15) is 5.11 Å². The van der Waals surface area contributed by atoms with Crippen molar-refractivity contribution in [3.8, 4) is 17.6 Å². The molecule has 1 aromatic heterocycles. The van der Waals surface area contributed by atoms with Gasteiger partial charge in [0.2, 0.25) is 11.8 Å². The zero-order chi connectivity index (χ0) is 52.3. The van der Waals surface area contributed by atoms with Crippen molar-refractivity contribution in [2.75, 3.05) is 37.0 Å². The van der Waals surface area contributed by atoms with E-state index in [-0.39, 0.29) is 24.0 Å². The van der Waals surface area contributed by atoms with Crippen LogP contribution in [0.25, 0.3) is 10.2 Å². The number of cyclic esters (lactones) is 1. The van der Waals surface area contributed by atoms with E-state index in [0.717, 1.165) is 26.3 Å². The fraction of sp³-hybridized carbons (Fsp3) is 0.210. The number of morpholine rings is 1. The third-order valence-electron chi connectivity index (χ3n) is 14.5. The number of aliphatic hydroxyl groups is 1. The topological polar surface area (TPSA) is 154 Å². The molecule has 0 saturated carbocycles. The second-order valence-corrected chi connectivity index (χ2v) is 20.3. The third-order valence-corrected chi connectivity index (χ3v) is 15.5. The van der Waals surface area contributed by atoms with Crippen LogP contribution < -0.4 is 20.3 Å². The van der Waals surface area contributed by atoms with Gasteiger partial charge in [0.05, 0.1) is 53.1 Å². The summed E-state index contributed by atoms with van der Waals surface area (Å²) >= 11 is 1.26. The first-order valence-electron chi connectivity index (χ1n) is 25.3. The van der Waals surface area contributed by atoms with Gasteiger partial charge in [0, 0.05) is 17.7 Å². The monoisotopic (exact) mass is 1030 g/mol. The second kappa shape index (κ2) is 21.4. The van der Waals surface area contributed by atoms with Gasteiger partial charge in [0.25, 0.3) is 0 Å². The molecule has 4 amide bonds. The number of aromatic nitrogens is 1. The van der Waals surface area contributed by atoms with Gasteiger partial charge < -0.3 is 25.2 Å². The Morgan fingerprint density at radius 3 is 2.20 bits per heavy atom. The normalized spacial score (nSPS) is 21.1. The fourth-order valence-electron chi connectivity index (χ4n) is 11.4. The van der Waals surface area contributed by atoms with Gasteiger partial charge in [-0.1, -0.05) is 175 Å². The van der Waals surface area contributed by atoms with Crippen molar-refractivity contribution < 1.29 is 33.8 Å². The van der Waals surface area contributed by atoms with Gasteiger partial charge in [-0.25, -0.2) is 14.7 Å². The van der Waals surface area contributed by atoms with Crippen molar-refractivity contribution in [2.24, 2.45) is 5.92 Å². The predicted octanol–water partition coefficient (Wildman–Crippen LogP) is 9.93. The number of nitrogens with one attached hydrogen (secondary N) is 2. The van der Waals surface area contributed by atoms with E-state index in [0.29, 0.717) is 46.6 Å². The highest BCUT2D eigenvalue weighted by atomic mass is 32.1. The fourth-order valence-corrected chi connectivity index (χ4v) is 12.2. The van der Waals surface area contributed by atoms with E-state index in [1.54, 1.807) is 30.3 Å². The van der Waals surface area contributed by atoms with Gasteiger partial charge in [-0.2, -0.15) is 0 Å². The molecule has 2 saturated heterocycles. The number of para-hydroxylation sites is 2. The molecule has 76 heavy (non-hydrogen) atoms. The summed E-state index contributed by atoms with van der Waals surface area (Å²) < 4.78 is 13.9. The van der Waals surface area contributed by atoms with Crippen molar-refractivity contribution in [3.05, 3.63) is 227 Å². The van der Waals surface area contributed by atoms with Crippen LogP contribution in [-0.4, -0.2) is 76.6 Å². The number of carbonyl (C=O) groups excluding carboxylic acids is 4. The van der Waals surface area contributed by atoms with Gasteiger partial charge in [-0.05, 0) is 78.2 Å². The number of carbonyl (C=O) groups is 4. The van der Waals surface area contributed by atoms with E-state index in [4.69, 9.17) is 14.5 Å². The van der Waals surface area contributed by atoms with Crippen molar-refractivity contribution in [1.82, 2.24) is 20.1 Å². The number of hydrogen-bond donors (Lipinski definition) is 3. The summed E-state index contributed by atoms with van der Waals surface area (Å²) in [6.45, 7) is 2.47. The molecule has 3 aliphatic heterocycles. The lowest BCUT2D eigenvalue weighted by atomic mass is 9.65. The van der Waals surface area contributed by atoms with Crippen LogP contribution in [0.4, 0.5) is 15.6 Å². The molecule has 380 valence electrons. The molecular formula is C62H54N6O7S. The summed E-state index contributed by atoms with van der Waals surface area (Å²) in [5.41, 5.74) is 3.40. The van der Waals surface area contributed by atoms with E-state index in [1.807, 2.05) is 164 Å². The van der Waals surface area contributed by atoms with Crippen LogP contribution in [0.15, 0.2) is 188 Å². The number of rotatable bonds is 13. The Hall–Kier alpha value is -8.45. The number of amides is 4. The van der Waals surface area contributed by atoms with Crippen LogP contribution in [0.1, 0.15) is 70.1 Å². The Morgan fingerprint density at radius 1 is 0.816 bits per heavy atom. The average molecular weight is 1030 g/mol.